The van der Waals surface area contributed by atoms with E-state index < -0.39 is 11.7 Å². The van der Waals surface area contributed by atoms with Crippen LogP contribution in [0.2, 0.25) is 0 Å². The van der Waals surface area contributed by atoms with Gasteiger partial charge in [0, 0.05) is 12.1 Å². The predicted octanol–water partition coefficient (Wildman–Crippen LogP) is 4.29. The Morgan fingerprint density at radius 2 is 1.96 bits per heavy atom. The van der Waals surface area contributed by atoms with Crippen LogP contribution in [0.4, 0.5) is 4.79 Å². The average Bonchev–Trinajstić information content (AvgIpc) is 2.46. The third-order valence-corrected chi connectivity index (χ3v) is 4.31. The Hall–Kier alpha value is -1.55. The van der Waals surface area contributed by atoms with Gasteiger partial charge in [-0.2, -0.15) is 0 Å². The van der Waals surface area contributed by atoms with Crippen LogP contribution in [0.1, 0.15) is 65.0 Å². The van der Waals surface area contributed by atoms with Crippen LogP contribution in [-0.4, -0.2) is 33.8 Å². The molecule has 128 valence electrons. The summed E-state index contributed by atoms with van der Waals surface area (Å²) >= 11 is 0. The smallest absolute Gasteiger partial charge is 0.410 e. The standard InChI is InChI=1S/C19H29NO3/c1-14-9-8-12-16(20(14)18(22)23-19(2,3)4)13-17(21)15-10-6-5-7-11-15/h5-7,10-11,14,16-17,21H,8-9,12-13H2,1-4H3. The lowest BCUT2D eigenvalue weighted by atomic mass is 9.91. The fourth-order valence-electron chi connectivity index (χ4n) is 3.23. The summed E-state index contributed by atoms with van der Waals surface area (Å²) in [5, 5.41) is 10.5. The number of ether oxygens (including phenoxy) is 1. The Labute approximate surface area is 139 Å². The van der Waals surface area contributed by atoms with Gasteiger partial charge in [-0.3, -0.25) is 0 Å². The van der Waals surface area contributed by atoms with Crippen LogP contribution in [0, 0.1) is 0 Å². The third-order valence-electron chi connectivity index (χ3n) is 4.31. The Balaban J connectivity index is 2.09. The molecule has 1 saturated heterocycles. The molecular weight excluding hydrogens is 290 g/mol. The molecule has 0 spiro atoms. The first kappa shape index (κ1) is 17.8. The van der Waals surface area contributed by atoms with Gasteiger partial charge in [-0.05, 0) is 58.9 Å². The number of aliphatic hydroxyl groups is 1. The number of hydrogen-bond acceptors (Lipinski definition) is 3. The molecule has 2 rings (SSSR count). The largest absolute Gasteiger partial charge is 0.444 e. The van der Waals surface area contributed by atoms with Crippen LogP contribution in [0.5, 0.6) is 0 Å². The minimum atomic E-state index is -0.559. The molecule has 0 bridgehead atoms. The molecule has 0 aliphatic carbocycles. The van der Waals surface area contributed by atoms with E-state index in [0.29, 0.717) is 6.42 Å². The van der Waals surface area contributed by atoms with Crippen molar-refractivity contribution in [2.24, 2.45) is 0 Å². The lowest BCUT2D eigenvalue weighted by Crippen LogP contribution is -2.51. The number of benzene rings is 1. The number of nitrogens with zero attached hydrogens (tertiary/aromatic N) is 1. The highest BCUT2D eigenvalue weighted by Crippen LogP contribution is 2.31. The number of hydrogen-bond donors (Lipinski definition) is 1. The van der Waals surface area contributed by atoms with Crippen molar-refractivity contribution in [3.63, 3.8) is 0 Å². The van der Waals surface area contributed by atoms with E-state index in [2.05, 4.69) is 6.92 Å². The fourth-order valence-corrected chi connectivity index (χ4v) is 3.23. The molecule has 1 aliphatic rings. The first-order valence-electron chi connectivity index (χ1n) is 8.52. The molecule has 1 heterocycles. The second-order valence-electron chi connectivity index (χ2n) is 7.48. The van der Waals surface area contributed by atoms with E-state index >= 15 is 0 Å². The number of rotatable bonds is 3. The Bertz CT molecular complexity index is 509. The maximum atomic E-state index is 12.6. The summed E-state index contributed by atoms with van der Waals surface area (Å²) in [6.45, 7) is 7.71. The van der Waals surface area contributed by atoms with Gasteiger partial charge < -0.3 is 14.7 Å². The molecule has 1 amide bonds. The lowest BCUT2D eigenvalue weighted by Gasteiger charge is -2.41. The first-order valence-corrected chi connectivity index (χ1v) is 8.52. The number of likely N-dealkylation sites (tertiary alicyclic amines) is 1. The van der Waals surface area contributed by atoms with Crippen LogP contribution in [-0.2, 0) is 4.74 Å². The zero-order chi connectivity index (χ0) is 17.0. The van der Waals surface area contributed by atoms with E-state index in [1.165, 1.54) is 0 Å². The number of amides is 1. The normalized spacial score (nSPS) is 23.4. The van der Waals surface area contributed by atoms with Gasteiger partial charge in [0.2, 0.25) is 0 Å². The van der Waals surface area contributed by atoms with Crippen molar-refractivity contribution in [3.8, 4) is 0 Å². The fraction of sp³-hybridized carbons (Fsp3) is 0.632. The van der Waals surface area contributed by atoms with Crippen molar-refractivity contribution in [2.45, 2.75) is 77.2 Å². The van der Waals surface area contributed by atoms with Gasteiger partial charge >= 0.3 is 6.09 Å². The van der Waals surface area contributed by atoms with Crippen LogP contribution >= 0.6 is 0 Å². The molecule has 1 aliphatic heterocycles. The summed E-state index contributed by atoms with van der Waals surface area (Å²) < 4.78 is 5.57. The summed E-state index contributed by atoms with van der Waals surface area (Å²) in [5.74, 6) is 0. The maximum absolute atomic E-state index is 12.6. The molecular formula is C19H29NO3. The van der Waals surface area contributed by atoms with E-state index in [4.69, 9.17) is 4.74 Å². The monoisotopic (exact) mass is 319 g/mol. The Kier molecular flexibility index (Phi) is 5.69. The van der Waals surface area contributed by atoms with Crippen molar-refractivity contribution in [1.82, 2.24) is 4.90 Å². The number of aliphatic hydroxyl groups excluding tert-OH is 1. The van der Waals surface area contributed by atoms with Crippen molar-refractivity contribution < 1.29 is 14.6 Å². The second-order valence-corrected chi connectivity index (χ2v) is 7.48. The SMILES string of the molecule is CC1CCCC(CC(O)c2ccccc2)N1C(=O)OC(C)(C)C. The molecule has 1 fully saturated rings. The summed E-state index contributed by atoms with van der Waals surface area (Å²) in [6.07, 6.45) is 2.69. The van der Waals surface area contributed by atoms with Gasteiger partial charge in [-0.25, -0.2) is 4.79 Å². The molecule has 3 atom stereocenters. The van der Waals surface area contributed by atoms with Crippen molar-refractivity contribution in [1.29, 1.82) is 0 Å². The average molecular weight is 319 g/mol. The summed E-state index contributed by atoms with van der Waals surface area (Å²) in [7, 11) is 0. The number of carbonyl (C=O) groups is 1. The highest BCUT2D eigenvalue weighted by atomic mass is 16.6. The number of carbonyl (C=O) groups excluding carboxylic acids is 1. The topological polar surface area (TPSA) is 49.8 Å². The van der Waals surface area contributed by atoms with Crippen LogP contribution < -0.4 is 0 Å². The Morgan fingerprint density at radius 1 is 1.30 bits per heavy atom. The van der Waals surface area contributed by atoms with E-state index in [0.717, 1.165) is 24.8 Å². The summed E-state index contributed by atoms with van der Waals surface area (Å²) in [4.78, 5) is 14.4. The molecule has 0 radical (unpaired) electrons. The maximum Gasteiger partial charge on any atom is 0.410 e. The molecule has 3 unspecified atom stereocenters. The van der Waals surface area contributed by atoms with Crippen molar-refractivity contribution in [3.05, 3.63) is 35.9 Å². The van der Waals surface area contributed by atoms with E-state index in [9.17, 15) is 9.90 Å². The van der Waals surface area contributed by atoms with Gasteiger partial charge in [0.15, 0.2) is 0 Å². The van der Waals surface area contributed by atoms with E-state index in [1.807, 2.05) is 56.0 Å². The number of piperidine rings is 1. The molecule has 1 aromatic carbocycles. The van der Waals surface area contributed by atoms with Gasteiger partial charge in [-0.15, -0.1) is 0 Å². The Morgan fingerprint density at radius 3 is 2.57 bits per heavy atom. The van der Waals surface area contributed by atoms with Crippen LogP contribution in [0.15, 0.2) is 30.3 Å². The van der Waals surface area contributed by atoms with E-state index in [-0.39, 0.29) is 18.2 Å². The van der Waals surface area contributed by atoms with Gasteiger partial charge in [0.05, 0.1) is 6.10 Å². The minimum absolute atomic E-state index is 0.0174. The zero-order valence-electron chi connectivity index (χ0n) is 14.7. The first-order chi connectivity index (χ1) is 10.8. The van der Waals surface area contributed by atoms with Crippen LogP contribution in [0.25, 0.3) is 0 Å². The van der Waals surface area contributed by atoms with Crippen molar-refractivity contribution in [2.75, 3.05) is 0 Å². The highest BCUT2D eigenvalue weighted by molar-refractivity contribution is 5.69. The summed E-state index contributed by atoms with van der Waals surface area (Å²) in [5.41, 5.74) is 0.395. The molecule has 1 N–H and O–H groups in total. The quantitative estimate of drug-likeness (QED) is 0.904. The highest BCUT2D eigenvalue weighted by Gasteiger charge is 2.35. The molecule has 1 aromatic rings. The van der Waals surface area contributed by atoms with Gasteiger partial charge in [0.1, 0.15) is 5.60 Å². The molecule has 0 saturated carbocycles. The predicted molar refractivity (Wildman–Crippen MR) is 91.2 cm³/mol. The molecule has 0 aromatic heterocycles. The second kappa shape index (κ2) is 7.35. The molecule has 4 nitrogen and oxygen atoms in total. The van der Waals surface area contributed by atoms with Gasteiger partial charge in [-0.1, -0.05) is 30.3 Å². The van der Waals surface area contributed by atoms with E-state index in [1.54, 1.807) is 0 Å². The van der Waals surface area contributed by atoms with Crippen LogP contribution in [0.3, 0.4) is 0 Å². The molecule has 23 heavy (non-hydrogen) atoms. The zero-order valence-corrected chi connectivity index (χ0v) is 14.7. The lowest BCUT2D eigenvalue weighted by molar-refractivity contribution is -0.0112. The third kappa shape index (κ3) is 4.96. The minimum Gasteiger partial charge on any atom is -0.444 e. The molecule has 4 heteroatoms. The van der Waals surface area contributed by atoms with Gasteiger partial charge in [0.25, 0.3) is 0 Å². The summed E-state index contributed by atoms with van der Waals surface area (Å²) in [6, 6.07) is 9.80. The van der Waals surface area contributed by atoms with Crippen molar-refractivity contribution >= 4 is 6.09 Å².